The van der Waals surface area contributed by atoms with Gasteiger partial charge in [0.25, 0.3) is 0 Å². The fraction of sp³-hybridized carbons (Fsp3) is 0.565. The zero-order valence-corrected chi connectivity index (χ0v) is 34.9. The summed E-state index contributed by atoms with van der Waals surface area (Å²) in [5.74, 6) is -1.12. The van der Waals surface area contributed by atoms with E-state index in [0.717, 1.165) is 54.6 Å². The van der Waals surface area contributed by atoms with Gasteiger partial charge in [0.1, 0.15) is 11.2 Å². The second-order valence-electron chi connectivity index (χ2n) is 17.9. The van der Waals surface area contributed by atoms with Crippen LogP contribution in [0, 0.1) is 17.3 Å². The number of amides is 1. The van der Waals surface area contributed by atoms with Crippen LogP contribution in [0.25, 0.3) is 10.9 Å². The number of hydrogen-bond acceptors (Lipinski definition) is 11. The van der Waals surface area contributed by atoms with Crippen molar-refractivity contribution in [3.05, 3.63) is 70.9 Å². The molecule has 2 aromatic carbocycles. The maximum Gasteiger partial charge on any atom is 0.344 e. The number of hydrogen-bond donors (Lipinski definition) is 2. The second-order valence-corrected chi connectivity index (χ2v) is 17.9. The van der Waals surface area contributed by atoms with Crippen molar-refractivity contribution in [1.29, 1.82) is 0 Å². The van der Waals surface area contributed by atoms with E-state index in [1.54, 1.807) is 13.2 Å². The first-order chi connectivity index (χ1) is 28.4. The molecule has 5 aliphatic heterocycles. The Morgan fingerprint density at radius 2 is 1.78 bits per heavy atom. The summed E-state index contributed by atoms with van der Waals surface area (Å²) in [7, 11) is 4.19. The Morgan fingerprint density at radius 1 is 1.00 bits per heavy atom. The van der Waals surface area contributed by atoms with Crippen LogP contribution in [0.5, 0.6) is 5.75 Å². The van der Waals surface area contributed by atoms with Gasteiger partial charge in [-0.25, -0.2) is 4.79 Å². The van der Waals surface area contributed by atoms with Crippen LogP contribution in [0.3, 0.4) is 0 Å². The fourth-order valence-electron chi connectivity index (χ4n) is 13.3. The Bertz CT molecular complexity index is 2260. The first kappa shape index (κ1) is 39.7. The zero-order valence-electron chi connectivity index (χ0n) is 34.9. The molecule has 0 radical (unpaired) electrons. The largest absolute Gasteiger partial charge is 0.496 e. The highest BCUT2D eigenvalue weighted by molar-refractivity contribution is 5.96. The average Bonchev–Trinajstić information content (AvgIpc) is 3.92. The number of aliphatic hydroxyl groups is 1. The van der Waals surface area contributed by atoms with Gasteiger partial charge in [-0.1, -0.05) is 50.6 Å². The third-order valence-electron chi connectivity index (χ3n) is 15.4. The zero-order chi connectivity index (χ0) is 41.6. The van der Waals surface area contributed by atoms with Gasteiger partial charge in [-0.05, 0) is 73.7 Å². The molecule has 6 aliphatic rings. The Labute approximate surface area is 345 Å². The van der Waals surface area contributed by atoms with E-state index < -0.39 is 57.9 Å². The van der Waals surface area contributed by atoms with Crippen molar-refractivity contribution in [1.82, 2.24) is 14.8 Å². The first-order valence-electron chi connectivity index (χ1n) is 21.2. The molecule has 10 atom stereocenters. The predicted molar refractivity (Wildman–Crippen MR) is 219 cm³/mol. The van der Waals surface area contributed by atoms with Gasteiger partial charge in [-0.15, -0.1) is 0 Å². The first-order valence-corrected chi connectivity index (χ1v) is 21.2. The Hall–Kier alpha value is -4.72. The number of ether oxygens (including phenoxy) is 4. The third kappa shape index (κ3) is 5.19. The number of fused-ring (bicyclic) bond motifs is 6. The molecule has 6 heterocycles. The standard InChI is InChI=1S/C46H56N4O9/c1-7-28-20-29-23-45(41(53)57-5,37-31(14-18-48(24-28)25-29)30-12-9-10-13-34(30)47-37)33-21-32-35(22-36(33)56-4)50(26-51)39-44(32)16-19-49-17-11-15-43(8-2,38(44)49)40(59-27(3)52)46(39,55)42(54)58-6/h9-13,15,21-22,26,28-29,38-40,47,55H,7-8,14,16-20,23-25H2,1-6H3/t28-,29-,38+,39-,40-,43-,44-,45+,46-/m1/s1. The number of piperidine rings is 1. The topological polar surface area (TPSA) is 151 Å². The normalized spacial score (nSPS) is 35.6. The Morgan fingerprint density at radius 3 is 2.47 bits per heavy atom. The molecule has 2 bridgehead atoms. The summed E-state index contributed by atoms with van der Waals surface area (Å²) in [6.45, 7) is 9.32. The van der Waals surface area contributed by atoms with Crippen molar-refractivity contribution in [2.45, 2.75) is 93.9 Å². The number of esters is 3. The summed E-state index contributed by atoms with van der Waals surface area (Å²) >= 11 is 0. The summed E-state index contributed by atoms with van der Waals surface area (Å²) in [6.07, 6.45) is 7.25. The van der Waals surface area contributed by atoms with E-state index in [0.29, 0.717) is 73.7 Å². The van der Waals surface area contributed by atoms with Crippen LogP contribution in [-0.4, -0.2) is 122 Å². The molecule has 1 spiro atoms. The number of rotatable bonds is 8. The number of aromatic amines is 1. The summed E-state index contributed by atoms with van der Waals surface area (Å²) in [5.41, 5.74) is -1.54. The second kappa shape index (κ2) is 14.2. The number of carbonyl (C=O) groups excluding carboxylic acids is 4. The molecule has 1 saturated carbocycles. The monoisotopic (exact) mass is 808 g/mol. The smallest absolute Gasteiger partial charge is 0.344 e. The highest BCUT2D eigenvalue weighted by Gasteiger charge is 2.81. The van der Waals surface area contributed by atoms with Gasteiger partial charge in [0.2, 0.25) is 12.0 Å². The highest BCUT2D eigenvalue weighted by Crippen LogP contribution is 2.68. The van der Waals surface area contributed by atoms with Crippen molar-refractivity contribution >= 4 is 40.9 Å². The maximum absolute atomic E-state index is 15.3. The van der Waals surface area contributed by atoms with Gasteiger partial charge >= 0.3 is 17.9 Å². The van der Waals surface area contributed by atoms with E-state index in [-0.39, 0.29) is 5.92 Å². The lowest BCUT2D eigenvalue weighted by molar-refractivity contribution is -0.228. The maximum atomic E-state index is 15.3. The van der Waals surface area contributed by atoms with Crippen LogP contribution < -0.4 is 9.64 Å². The molecule has 1 aromatic heterocycles. The molecule has 2 N–H and O–H groups in total. The molecular weight excluding hydrogens is 753 g/mol. The quantitative estimate of drug-likeness (QED) is 0.144. The predicted octanol–water partition coefficient (Wildman–Crippen LogP) is 4.40. The molecule has 13 heteroatoms. The molecule has 3 aromatic rings. The molecule has 9 rings (SSSR count). The number of nitrogens with zero attached hydrogens (tertiary/aromatic N) is 3. The number of anilines is 1. The number of methoxy groups -OCH3 is 3. The molecule has 314 valence electrons. The Kier molecular flexibility index (Phi) is 9.56. The van der Waals surface area contributed by atoms with Crippen LogP contribution >= 0.6 is 0 Å². The molecule has 1 amide bonds. The SMILES string of the molecule is CC[C@@H]1C[C@H]2CN(CCc3c([nH]c4ccccc34)[C@@](C(=O)OC)(c3cc4c(cc3OC)N(C=O)[C@H]3[C@](O)(C(=O)OC)[C@H](OC(C)=O)[C@]5(CC)C=CCN6CC[C@]43[C@@H]65)C2)C1. The van der Waals surface area contributed by atoms with Crippen LogP contribution in [0.4, 0.5) is 5.69 Å². The van der Waals surface area contributed by atoms with E-state index in [9.17, 15) is 19.5 Å². The molecular formula is C46H56N4O9. The number of aromatic nitrogens is 1. The van der Waals surface area contributed by atoms with Crippen LogP contribution in [0.15, 0.2) is 48.6 Å². The lowest BCUT2D eigenvalue weighted by Crippen LogP contribution is -2.81. The van der Waals surface area contributed by atoms with E-state index >= 15 is 4.79 Å². The molecule has 59 heavy (non-hydrogen) atoms. The minimum absolute atomic E-state index is 0.127. The van der Waals surface area contributed by atoms with Crippen molar-refractivity contribution in [2.24, 2.45) is 17.3 Å². The van der Waals surface area contributed by atoms with Crippen LogP contribution in [-0.2, 0) is 50.6 Å². The number of para-hydroxylation sites is 1. The molecule has 1 unspecified atom stereocenters. The number of carbonyl (C=O) groups is 4. The molecule has 3 fully saturated rings. The third-order valence-corrected chi connectivity index (χ3v) is 15.4. The number of H-pyrrole nitrogens is 1. The minimum Gasteiger partial charge on any atom is -0.496 e. The summed E-state index contributed by atoms with van der Waals surface area (Å²) in [5, 5.41) is 14.3. The van der Waals surface area contributed by atoms with Crippen LogP contribution in [0.1, 0.15) is 75.3 Å². The Balaban J connectivity index is 1.38. The van der Waals surface area contributed by atoms with E-state index in [2.05, 4.69) is 27.8 Å². The summed E-state index contributed by atoms with van der Waals surface area (Å²) < 4.78 is 23.8. The molecule has 13 nitrogen and oxygen atoms in total. The van der Waals surface area contributed by atoms with Crippen molar-refractivity contribution < 1.29 is 43.2 Å². The van der Waals surface area contributed by atoms with Crippen molar-refractivity contribution in [2.75, 3.05) is 59.0 Å². The van der Waals surface area contributed by atoms with Crippen molar-refractivity contribution in [3.63, 3.8) is 0 Å². The highest BCUT2D eigenvalue weighted by atomic mass is 16.6. The molecule has 1 aliphatic carbocycles. The van der Waals surface area contributed by atoms with Gasteiger partial charge in [0.15, 0.2) is 6.10 Å². The summed E-state index contributed by atoms with van der Waals surface area (Å²) in [6, 6.07) is 10.3. The van der Waals surface area contributed by atoms with Crippen LogP contribution in [0.2, 0.25) is 0 Å². The van der Waals surface area contributed by atoms with E-state index in [1.165, 1.54) is 26.0 Å². The van der Waals surface area contributed by atoms with E-state index in [4.69, 9.17) is 18.9 Å². The lowest BCUT2D eigenvalue weighted by Gasteiger charge is -2.63. The van der Waals surface area contributed by atoms with Gasteiger partial charge in [-0.2, -0.15) is 0 Å². The average molecular weight is 809 g/mol. The van der Waals surface area contributed by atoms with E-state index in [1.807, 2.05) is 43.3 Å². The van der Waals surface area contributed by atoms with Gasteiger partial charge in [0.05, 0.1) is 33.1 Å². The van der Waals surface area contributed by atoms with Crippen molar-refractivity contribution in [3.8, 4) is 5.75 Å². The molecule has 2 saturated heterocycles. The minimum atomic E-state index is -2.50. The van der Waals surface area contributed by atoms with Gasteiger partial charge < -0.3 is 38.8 Å². The number of benzene rings is 2. The fourth-order valence-corrected chi connectivity index (χ4v) is 13.3. The van der Waals surface area contributed by atoms with Gasteiger partial charge in [-0.3, -0.25) is 19.3 Å². The number of nitrogens with one attached hydrogen (secondary N) is 1. The summed E-state index contributed by atoms with van der Waals surface area (Å²) in [4.78, 5) is 66.5. The van der Waals surface area contributed by atoms with Gasteiger partial charge in [0, 0.05) is 78.2 Å². The lowest BCUT2D eigenvalue weighted by atomic mass is 9.47.